The van der Waals surface area contributed by atoms with Crippen LogP contribution >= 0.6 is 11.3 Å². The molecule has 0 bridgehead atoms. The molecule has 1 saturated carbocycles. The van der Waals surface area contributed by atoms with Gasteiger partial charge in [0.25, 0.3) is 0 Å². The van der Waals surface area contributed by atoms with Crippen LogP contribution in [0.25, 0.3) is 0 Å². The van der Waals surface area contributed by atoms with Crippen molar-refractivity contribution in [3.05, 3.63) is 16.1 Å². The van der Waals surface area contributed by atoms with E-state index in [1.165, 1.54) is 0 Å². The van der Waals surface area contributed by atoms with Gasteiger partial charge in [-0.25, -0.2) is 4.98 Å². The average Bonchev–Trinajstić information content (AvgIpc) is 2.61. The molecule has 1 aliphatic carbocycles. The normalized spacial score (nSPS) is 24.6. The van der Waals surface area contributed by atoms with Crippen molar-refractivity contribution in [3.8, 4) is 0 Å². The van der Waals surface area contributed by atoms with E-state index in [0.29, 0.717) is 6.42 Å². The van der Waals surface area contributed by atoms with Crippen molar-refractivity contribution in [2.24, 2.45) is 0 Å². The zero-order valence-corrected chi connectivity index (χ0v) is 11.5. The maximum Gasteiger partial charge on any atom is 0.226 e. The molecule has 100 valence electrons. The fraction of sp³-hybridized carbons (Fsp3) is 0.692. The molecule has 1 aromatic rings. The van der Waals surface area contributed by atoms with E-state index < -0.39 is 6.10 Å². The summed E-state index contributed by atoms with van der Waals surface area (Å²) in [5.41, 5.74) is 0.818. The van der Waals surface area contributed by atoms with E-state index in [1.54, 1.807) is 11.3 Å². The molecule has 0 aliphatic heterocycles. The van der Waals surface area contributed by atoms with Gasteiger partial charge < -0.3 is 10.4 Å². The Balaban J connectivity index is 1.86. The van der Waals surface area contributed by atoms with Gasteiger partial charge in [0.05, 0.1) is 29.3 Å². The van der Waals surface area contributed by atoms with Gasteiger partial charge in [0.2, 0.25) is 5.91 Å². The fourth-order valence-electron chi connectivity index (χ4n) is 2.37. The topological polar surface area (TPSA) is 62.2 Å². The van der Waals surface area contributed by atoms with Crippen LogP contribution in [0.15, 0.2) is 5.38 Å². The van der Waals surface area contributed by atoms with Crippen molar-refractivity contribution < 1.29 is 9.90 Å². The van der Waals surface area contributed by atoms with Gasteiger partial charge in [-0.05, 0) is 19.8 Å². The van der Waals surface area contributed by atoms with Crippen molar-refractivity contribution >= 4 is 17.2 Å². The Bertz CT molecular complexity index is 405. The molecule has 0 aromatic carbocycles. The minimum atomic E-state index is -0.395. The van der Waals surface area contributed by atoms with Gasteiger partial charge in [-0.15, -0.1) is 11.3 Å². The summed E-state index contributed by atoms with van der Waals surface area (Å²) in [6, 6.07) is -0.0836. The van der Waals surface area contributed by atoms with Crippen LogP contribution in [0, 0.1) is 6.92 Å². The monoisotopic (exact) mass is 268 g/mol. The maximum absolute atomic E-state index is 11.9. The van der Waals surface area contributed by atoms with Gasteiger partial charge in [0.15, 0.2) is 0 Å². The largest absolute Gasteiger partial charge is 0.391 e. The molecular weight excluding hydrogens is 248 g/mol. The van der Waals surface area contributed by atoms with Gasteiger partial charge in [-0.2, -0.15) is 0 Å². The SMILES string of the molecule is Cc1nc(CC(=O)NC2CCCCCC2O)cs1. The quantitative estimate of drug-likeness (QED) is 0.822. The number of hydrogen-bond donors (Lipinski definition) is 2. The molecule has 2 unspecified atom stereocenters. The Labute approximate surface area is 111 Å². The third-order valence-electron chi connectivity index (χ3n) is 3.33. The zero-order valence-electron chi connectivity index (χ0n) is 10.7. The number of aliphatic hydroxyl groups excluding tert-OH is 1. The first kappa shape index (κ1) is 13.5. The van der Waals surface area contributed by atoms with Crippen LogP contribution in [0.1, 0.15) is 42.8 Å². The maximum atomic E-state index is 11.9. The summed E-state index contributed by atoms with van der Waals surface area (Å²) in [5, 5.41) is 15.8. The highest BCUT2D eigenvalue weighted by Gasteiger charge is 2.23. The van der Waals surface area contributed by atoms with Gasteiger partial charge in [-0.1, -0.05) is 19.3 Å². The fourth-order valence-corrected chi connectivity index (χ4v) is 2.98. The third kappa shape index (κ3) is 3.78. The van der Waals surface area contributed by atoms with Crippen LogP contribution in [0.5, 0.6) is 0 Å². The second-order valence-corrected chi connectivity index (χ2v) is 5.98. The molecular formula is C13H20N2O2S. The molecule has 5 heteroatoms. The van der Waals surface area contributed by atoms with Crippen LogP contribution in [0.4, 0.5) is 0 Å². The molecule has 2 N–H and O–H groups in total. The summed E-state index contributed by atoms with van der Waals surface area (Å²) >= 11 is 1.56. The standard InChI is InChI=1S/C13H20N2O2S/c1-9-14-10(8-18-9)7-13(17)15-11-5-3-2-4-6-12(11)16/h8,11-12,16H,2-7H2,1H3,(H,15,17). The lowest BCUT2D eigenvalue weighted by Crippen LogP contribution is -2.43. The molecule has 4 nitrogen and oxygen atoms in total. The molecule has 0 spiro atoms. The van der Waals surface area contributed by atoms with E-state index in [1.807, 2.05) is 12.3 Å². The Morgan fingerprint density at radius 1 is 1.50 bits per heavy atom. The molecule has 0 saturated heterocycles. The van der Waals surface area contributed by atoms with Crippen LogP contribution in [0.3, 0.4) is 0 Å². The van der Waals surface area contributed by atoms with E-state index in [0.717, 1.165) is 42.8 Å². The number of nitrogens with zero attached hydrogens (tertiary/aromatic N) is 1. The van der Waals surface area contributed by atoms with Crippen molar-refractivity contribution in [1.82, 2.24) is 10.3 Å². The summed E-state index contributed by atoms with van der Waals surface area (Å²) < 4.78 is 0. The summed E-state index contributed by atoms with van der Waals surface area (Å²) in [4.78, 5) is 16.2. The van der Waals surface area contributed by atoms with Crippen molar-refractivity contribution in [2.45, 2.75) is 57.6 Å². The van der Waals surface area contributed by atoms with Crippen molar-refractivity contribution in [1.29, 1.82) is 0 Å². The number of carbonyl (C=O) groups is 1. The molecule has 1 aromatic heterocycles. The van der Waals surface area contributed by atoms with E-state index in [4.69, 9.17) is 0 Å². The summed E-state index contributed by atoms with van der Waals surface area (Å²) in [6.07, 6.45) is 4.87. The molecule has 2 rings (SSSR count). The highest BCUT2D eigenvalue weighted by molar-refractivity contribution is 7.09. The first-order valence-corrected chi connectivity index (χ1v) is 7.41. The zero-order chi connectivity index (χ0) is 13.0. The molecule has 1 fully saturated rings. The first-order valence-electron chi connectivity index (χ1n) is 6.53. The lowest BCUT2D eigenvalue weighted by molar-refractivity contribution is -0.122. The Kier molecular flexibility index (Phi) is 4.72. The number of aromatic nitrogens is 1. The smallest absolute Gasteiger partial charge is 0.226 e. The number of aryl methyl sites for hydroxylation is 1. The number of hydrogen-bond acceptors (Lipinski definition) is 4. The number of carbonyl (C=O) groups excluding carboxylic acids is 1. The molecule has 1 amide bonds. The second kappa shape index (κ2) is 6.29. The summed E-state index contributed by atoms with van der Waals surface area (Å²) in [6.45, 7) is 1.93. The number of rotatable bonds is 3. The molecule has 1 heterocycles. The lowest BCUT2D eigenvalue weighted by Gasteiger charge is -2.21. The number of nitrogens with one attached hydrogen (secondary N) is 1. The summed E-state index contributed by atoms with van der Waals surface area (Å²) in [5.74, 6) is -0.0359. The molecule has 1 aliphatic rings. The average molecular weight is 268 g/mol. The number of thiazole rings is 1. The Morgan fingerprint density at radius 2 is 2.28 bits per heavy atom. The van der Waals surface area contributed by atoms with E-state index in [2.05, 4.69) is 10.3 Å². The predicted octanol–water partition coefficient (Wildman–Crippen LogP) is 1.80. The number of amides is 1. The number of aliphatic hydroxyl groups is 1. The highest BCUT2D eigenvalue weighted by atomic mass is 32.1. The van der Waals surface area contributed by atoms with Crippen molar-refractivity contribution in [2.75, 3.05) is 0 Å². The van der Waals surface area contributed by atoms with Gasteiger partial charge in [-0.3, -0.25) is 4.79 Å². The van der Waals surface area contributed by atoms with Crippen LogP contribution in [0.2, 0.25) is 0 Å². The van der Waals surface area contributed by atoms with E-state index in [-0.39, 0.29) is 11.9 Å². The minimum absolute atomic E-state index is 0.0359. The van der Waals surface area contributed by atoms with E-state index in [9.17, 15) is 9.90 Å². The van der Waals surface area contributed by atoms with Gasteiger partial charge in [0.1, 0.15) is 0 Å². The van der Waals surface area contributed by atoms with Gasteiger partial charge >= 0.3 is 0 Å². The predicted molar refractivity (Wildman–Crippen MR) is 71.6 cm³/mol. The summed E-state index contributed by atoms with van der Waals surface area (Å²) in [7, 11) is 0. The van der Waals surface area contributed by atoms with Crippen molar-refractivity contribution in [3.63, 3.8) is 0 Å². The highest BCUT2D eigenvalue weighted by Crippen LogP contribution is 2.18. The third-order valence-corrected chi connectivity index (χ3v) is 4.16. The van der Waals surface area contributed by atoms with Crippen LogP contribution in [-0.2, 0) is 11.2 Å². The first-order chi connectivity index (χ1) is 8.65. The molecule has 2 atom stereocenters. The van der Waals surface area contributed by atoms with Gasteiger partial charge in [0, 0.05) is 5.38 Å². The molecule has 0 radical (unpaired) electrons. The minimum Gasteiger partial charge on any atom is -0.391 e. The Hall–Kier alpha value is -0.940. The second-order valence-electron chi connectivity index (χ2n) is 4.91. The Morgan fingerprint density at radius 3 is 3.00 bits per heavy atom. The molecule has 18 heavy (non-hydrogen) atoms. The van der Waals surface area contributed by atoms with Crippen LogP contribution < -0.4 is 5.32 Å². The lowest BCUT2D eigenvalue weighted by atomic mass is 10.1. The van der Waals surface area contributed by atoms with Crippen LogP contribution in [-0.4, -0.2) is 28.1 Å². The van der Waals surface area contributed by atoms with E-state index >= 15 is 0 Å².